The van der Waals surface area contributed by atoms with Crippen LogP contribution in [0.1, 0.15) is 49.4 Å². The quantitative estimate of drug-likeness (QED) is 0.355. The molecular formula is C24H26N4O4S. The van der Waals surface area contributed by atoms with Gasteiger partial charge >= 0.3 is 0 Å². The van der Waals surface area contributed by atoms with Crippen molar-refractivity contribution >= 4 is 11.1 Å². The molecule has 1 unspecified atom stereocenters. The third-order valence-electron chi connectivity index (χ3n) is 5.53. The topological polar surface area (TPSA) is 121 Å². The highest BCUT2D eigenvalue weighted by Gasteiger charge is 2.26. The Labute approximate surface area is 195 Å². The first-order valence-corrected chi connectivity index (χ1v) is 12.2. The van der Waals surface area contributed by atoms with Gasteiger partial charge < -0.3 is 19.1 Å². The molecule has 0 bridgehead atoms. The van der Waals surface area contributed by atoms with Gasteiger partial charge in [-0.25, -0.2) is 4.21 Å². The number of aromatic nitrogens is 2. The molecule has 2 N–H and O–H groups in total. The lowest BCUT2D eigenvalue weighted by molar-refractivity contribution is 0.241. The van der Waals surface area contributed by atoms with Crippen molar-refractivity contribution in [3.05, 3.63) is 53.1 Å². The molecule has 1 heterocycles. The molecule has 0 saturated heterocycles. The number of ether oxygens (including phenoxy) is 1. The Kier molecular flexibility index (Phi) is 7.18. The van der Waals surface area contributed by atoms with Crippen LogP contribution in [0.3, 0.4) is 0 Å². The largest absolute Gasteiger partial charge is 0.490 e. The normalized spacial score (nSPS) is 15.9. The predicted molar refractivity (Wildman–Crippen MR) is 125 cm³/mol. The molecule has 3 aromatic rings. The fourth-order valence-corrected chi connectivity index (χ4v) is 4.50. The van der Waals surface area contributed by atoms with Crippen molar-refractivity contribution in [3.8, 4) is 34.7 Å². The van der Waals surface area contributed by atoms with Gasteiger partial charge in [-0.05, 0) is 69.0 Å². The van der Waals surface area contributed by atoms with E-state index in [9.17, 15) is 9.47 Å². The van der Waals surface area contributed by atoms with E-state index in [1.54, 1.807) is 12.1 Å². The SMILES string of the molecule is CC(C)Oc1ccc(-c2nc(-c3cccc4c3CC[C@H]4NCCCS(=O)O)no2)cc1C#N. The highest BCUT2D eigenvalue weighted by molar-refractivity contribution is 7.79. The predicted octanol–water partition coefficient (Wildman–Crippen LogP) is 4.25. The third kappa shape index (κ3) is 5.30. The minimum absolute atomic E-state index is 0.0323. The minimum atomic E-state index is -1.75. The van der Waals surface area contributed by atoms with Gasteiger partial charge in [-0.2, -0.15) is 10.2 Å². The van der Waals surface area contributed by atoms with E-state index in [-0.39, 0.29) is 17.9 Å². The second kappa shape index (κ2) is 10.3. The van der Waals surface area contributed by atoms with Gasteiger partial charge in [0.1, 0.15) is 11.8 Å². The van der Waals surface area contributed by atoms with E-state index in [4.69, 9.17) is 13.8 Å². The van der Waals surface area contributed by atoms with Crippen molar-refractivity contribution in [2.45, 2.75) is 45.3 Å². The van der Waals surface area contributed by atoms with Crippen molar-refractivity contribution in [1.82, 2.24) is 15.5 Å². The zero-order valence-electron chi connectivity index (χ0n) is 18.6. The molecule has 2 atom stereocenters. The second-order valence-electron chi connectivity index (χ2n) is 8.21. The summed E-state index contributed by atoms with van der Waals surface area (Å²) >= 11 is -1.75. The number of fused-ring (bicyclic) bond motifs is 1. The maximum Gasteiger partial charge on any atom is 0.258 e. The first-order chi connectivity index (χ1) is 16.0. The molecule has 0 saturated carbocycles. The van der Waals surface area contributed by atoms with Crippen molar-refractivity contribution in [3.63, 3.8) is 0 Å². The summed E-state index contributed by atoms with van der Waals surface area (Å²) in [6.45, 7) is 4.51. The van der Waals surface area contributed by atoms with Crippen LogP contribution < -0.4 is 10.1 Å². The first-order valence-electron chi connectivity index (χ1n) is 10.9. The monoisotopic (exact) mass is 466 g/mol. The van der Waals surface area contributed by atoms with Gasteiger partial charge in [0.15, 0.2) is 11.1 Å². The van der Waals surface area contributed by atoms with Gasteiger partial charge in [-0.1, -0.05) is 23.4 Å². The molecule has 8 nitrogen and oxygen atoms in total. The molecule has 1 aliphatic rings. The summed E-state index contributed by atoms with van der Waals surface area (Å²) in [6, 6.07) is 13.7. The molecule has 4 rings (SSSR count). The van der Waals surface area contributed by atoms with Crippen LogP contribution in [0.4, 0.5) is 0 Å². The molecule has 0 aliphatic heterocycles. The molecule has 0 amide bonds. The van der Waals surface area contributed by atoms with Gasteiger partial charge in [-0.3, -0.25) is 0 Å². The Morgan fingerprint density at radius 3 is 2.97 bits per heavy atom. The number of rotatable bonds is 9. The molecule has 1 aliphatic carbocycles. The lowest BCUT2D eigenvalue weighted by Crippen LogP contribution is -2.21. The Morgan fingerprint density at radius 1 is 1.36 bits per heavy atom. The Morgan fingerprint density at radius 2 is 2.21 bits per heavy atom. The summed E-state index contributed by atoms with van der Waals surface area (Å²) in [6.07, 6.45) is 2.45. The lowest BCUT2D eigenvalue weighted by Gasteiger charge is -2.14. The van der Waals surface area contributed by atoms with Crippen LogP contribution in [0.5, 0.6) is 5.75 Å². The van der Waals surface area contributed by atoms with E-state index in [1.165, 1.54) is 11.1 Å². The fraction of sp³-hybridized carbons (Fsp3) is 0.375. The Hall–Kier alpha value is -3.06. The number of hydrogen-bond acceptors (Lipinski definition) is 7. The van der Waals surface area contributed by atoms with Crippen LogP contribution in [-0.2, 0) is 17.5 Å². The van der Waals surface area contributed by atoms with Gasteiger partial charge in [0, 0.05) is 17.2 Å². The van der Waals surface area contributed by atoms with Crippen LogP contribution >= 0.6 is 0 Å². The number of nitrogens with zero attached hydrogens (tertiary/aromatic N) is 3. The molecular weight excluding hydrogens is 440 g/mol. The average Bonchev–Trinajstić information content (AvgIpc) is 3.44. The average molecular weight is 467 g/mol. The molecule has 172 valence electrons. The summed E-state index contributed by atoms with van der Waals surface area (Å²) in [5, 5.41) is 17.2. The third-order valence-corrected chi connectivity index (χ3v) is 6.17. The Balaban J connectivity index is 1.54. The van der Waals surface area contributed by atoms with E-state index < -0.39 is 11.1 Å². The highest BCUT2D eigenvalue weighted by atomic mass is 32.2. The smallest absolute Gasteiger partial charge is 0.258 e. The van der Waals surface area contributed by atoms with E-state index in [2.05, 4.69) is 27.6 Å². The van der Waals surface area contributed by atoms with E-state index in [1.807, 2.05) is 32.0 Å². The van der Waals surface area contributed by atoms with Crippen LogP contribution in [0.15, 0.2) is 40.9 Å². The molecule has 1 aromatic heterocycles. The van der Waals surface area contributed by atoms with Gasteiger partial charge in [-0.15, -0.1) is 0 Å². The van der Waals surface area contributed by atoms with Gasteiger partial charge in [0.05, 0.1) is 17.4 Å². The molecule has 9 heteroatoms. The van der Waals surface area contributed by atoms with E-state index in [0.29, 0.717) is 41.6 Å². The van der Waals surface area contributed by atoms with Crippen molar-refractivity contribution < 1.29 is 18.0 Å². The van der Waals surface area contributed by atoms with Crippen molar-refractivity contribution in [2.24, 2.45) is 0 Å². The van der Waals surface area contributed by atoms with E-state index >= 15 is 0 Å². The van der Waals surface area contributed by atoms with E-state index in [0.717, 1.165) is 18.4 Å². The van der Waals surface area contributed by atoms with Crippen LogP contribution in [-0.4, -0.2) is 37.3 Å². The molecule has 2 aromatic carbocycles. The maximum atomic E-state index is 10.8. The number of benzene rings is 2. The lowest BCUT2D eigenvalue weighted by atomic mass is 10.0. The number of hydrogen-bond donors (Lipinski definition) is 2. The highest BCUT2D eigenvalue weighted by Crippen LogP contribution is 2.37. The fourth-order valence-electron chi connectivity index (χ4n) is 4.11. The molecule has 0 radical (unpaired) electrons. The summed E-state index contributed by atoms with van der Waals surface area (Å²) in [5.74, 6) is 1.66. The zero-order valence-corrected chi connectivity index (χ0v) is 19.4. The standard InChI is InChI=1S/C24H26N4O4S/c1-15(2)31-22-10-7-16(13-17(22)14-25)24-27-23(28-32-24)20-6-3-5-19-18(20)8-9-21(19)26-11-4-12-33(29)30/h3,5-7,10,13,15,21,26H,4,8-9,11-12H2,1-2H3,(H,29,30)/t21-/m1/s1. The van der Waals surface area contributed by atoms with Crippen molar-refractivity contribution in [2.75, 3.05) is 12.3 Å². The number of nitriles is 1. The van der Waals surface area contributed by atoms with Crippen molar-refractivity contribution in [1.29, 1.82) is 5.26 Å². The van der Waals surface area contributed by atoms with Crippen LogP contribution in [0.25, 0.3) is 22.8 Å². The van der Waals surface area contributed by atoms with Crippen LogP contribution in [0, 0.1) is 11.3 Å². The molecule has 0 spiro atoms. The maximum absolute atomic E-state index is 10.8. The number of nitrogens with one attached hydrogen (secondary N) is 1. The first kappa shape index (κ1) is 23.1. The zero-order chi connectivity index (χ0) is 23.4. The van der Waals surface area contributed by atoms with Gasteiger partial charge in [0.25, 0.3) is 5.89 Å². The summed E-state index contributed by atoms with van der Waals surface area (Å²) < 4.78 is 31.0. The minimum Gasteiger partial charge on any atom is -0.490 e. The second-order valence-corrected chi connectivity index (χ2v) is 9.26. The summed E-state index contributed by atoms with van der Waals surface area (Å²) in [4.78, 5) is 4.60. The van der Waals surface area contributed by atoms with Gasteiger partial charge in [0.2, 0.25) is 5.82 Å². The Bertz CT molecular complexity index is 1200. The summed E-state index contributed by atoms with van der Waals surface area (Å²) in [5.41, 5.74) is 4.40. The summed E-state index contributed by atoms with van der Waals surface area (Å²) in [7, 11) is 0. The molecule has 0 fully saturated rings. The van der Waals surface area contributed by atoms with Crippen LogP contribution in [0.2, 0.25) is 0 Å². The molecule has 33 heavy (non-hydrogen) atoms.